The topological polar surface area (TPSA) is 77.0 Å². The minimum absolute atomic E-state index is 0.177. The highest BCUT2D eigenvalue weighted by atomic mass is 35.5. The molecule has 2 N–H and O–H groups in total. The van der Waals surface area contributed by atoms with Crippen molar-refractivity contribution in [3.8, 4) is 5.75 Å². The molecular weight excluding hydrogens is 510 g/mol. The highest BCUT2D eigenvalue weighted by Gasteiger charge is 2.32. The Balaban J connectivity index is 2.17. The zero-order valence-electron chi connectivity index (χ0n) is 23.0. The van der Waals surface area contributed by atoms with E-state index in [1.54, 1.807) is 18.9 Å². The number of carbonyl (C=O) groups excluding carboxylic acids is 1. The van der Waals surface area contributed by atoms with E-state index in [0.29, 0.717) is 24.3 Å². The smallest absolute Gasteiger partial charge is 0.408 e. The van der Waals surface area contributed by atoms with Crippen LogP contribution < -0.4 is 10.1 Å². The molecule has 0 aliphatic heterocycles. The van der Waals surface area contributed by atoms with E-state index < -0.39 is 17.2 Å². The normalized spacial score (nSPS) is 13.2. The van der Waals surface area contributed by atoms with E-state index in [0.717, 1.165) is 40.4 Å². The number of amides is 1. The summed E-state index contributed by atoms with van der Waals surface area (Å²) in [4.78, 5) is 14.5. The van der Waals surface area contributed by atoms with Crippen molar-refractivity contribution in [3.05, 3.63) is 52.5 Å². The Bertz CT molecular complexity index is 1010. The second-order valence-electron chi connectivity index (χ2n) is 10.3. The average molecular weight is 552 g/mol. The zero-order valence-corrected chi connectivity index (χ0v) is 24.6. The number of halogens is 1. The Morgan fingerprint density at radius 2 is 1.81 bits per heavy atom. The lowest BCUT2D eigenvalue weighted by atomic mass is 9.87. The van der Waals surface area contributed by atoms with Gasteiger partial charge in [0, 0.05) is 17.0 Å². The van der Waals surface area contributed by atoms with Gasteiger partial charge >= 0.3 is 6.09 Å². The van der Waals surface area contributed by atoms with Gasteiger partial charge in [0.2, 0.25) is 0 Å². The second kappa shape index (κ2) is 14.9. The molecule has 2 rings (SSSR count). The summed E-state index contributed by atoms with van der Waals surface area (Å²) in [6.45, 7) is 9.65. The number of rotatable bonds is 14. The number of aliphatic hydroxyl groups excluding tert-OH is 1. The van der Waals surface area contributed by atoms with Gasteiger partial charge in [0.15, 0.2) is 6.79 Å². The number of benzene rings is 2. The third-order valence-electron chi connectivity index (χ3n) is 5.80. The van der Waals surface area contributed by atoms with Crippen LogP contribution in [0.2, 0.25) is 5.02 Å². The molecular formula is C29H42ClNO5S. The van der Waals surface area contributed by atoms with Crippen LogP contribution in [-0.4, -0.2) is 42.8 Å². The van der Waals surface area contributed by atoms with Gasteiger partial charge in [0.25, 0.3) is 0 Å². The number of carbonyl (C=O) groups is 1. The van der Waals surface area contributed by atoms with Crippen LogP contribution in [0.15, 0.2) is 46.2 Å². The fourth-order valence-corrected chi connectivity index (χ4v) is 5.40. The van der Waals surface area contributed by atoms with Crippen molar-refractivity contribution in [2.45, 2.75) is 94.1 Å². The van der Waals surface area contributed by atoms with Crippen molar-refractivity contribution < 1.29 is 24.1 Å². The van der Waals surface area contributed by atoms with Gasteiger partial charge in [-0.1, -0.05) is 62.2 Å². The lowest BCUT2D eigenvalue weighted by molar-refractivity contribution is 0.0373. The number of hydrogen-bond acceptors (Lipinski definition) is 6. The first-order chi connectivity index (χ1) is 17.5. The zero-order chi connectivity index (χ0) is 27.5. The number of methoxy groups -OCH3 is 1. The molecule has 206 valence electrons. The van der Waals surface area contributed by atoms with Gasteiger partial charge in [0.1, 0.15) is 11.4 Å². The van der Waals surface area contributed by atoms with Crippen LogP contribution in [0.25, 0.3) is 0 Å². The summed E-state index contributed by atoms with van der Waals surface area (Å²) in [6.07, 6.45) is 4.13. The summed E-state index contributed by atoms with van der Waals surface area (Å²) in [5, 5.41) is 13.8. The van der Waals surface area contributed by atoms with E-state index >= 15 is 0 Å². The van der Waals surface area contributed by atoms with Gasteiger partial charge in [-0.2, -0.15) is 0 Å². The van der Waals surface area contributed by atoms with Gasteiger partial charge in [0.05, 0.1) is 17.0 Å². The van der Waals surface area contributed by atoms with Crippen molar-refractivity contribution in [2.24, 2.45) is 0 Å². The molecule has 8 heteroatoms. The maximum Gasteiger partial charge on any atom is 0.408 e. The number of nitrogens with one attached hydrogen (secondary N) is 1. The molecule has 0 aromatic heterocycles. The molecule has 1 amide bonds. The SMILES string of the molecule is CCCc1ccc(OCOC)c(Sc2ccc(CCC(CO)(CCC)NC(=O)OC(C)(C)C)c(Cl)c2)c1. The van der Waals surface area contributed by atoms with Crippen LogP contribution in [0.1, 0.15) is 71.4 Å². The Morgan fingerprint density at radius 1 is 1.05 bits per heavy atom. The summed E-state index contributed by atoms with van der Waals surface area (Å²) in [6, 6.07) is 12.2. The van der Waals surface area contributed by atoms with Crippen LogP contribution in [0.5, 0.6) is 5.75 Å². The maximum atomic E-state index is 12.5. The third-order valence-corrected chi connectivity index (χ3v) is 7.18. The number of hydrogen-bond donors (Lipinski definition) is 2. The first kappa shape index (κ1) is 31.3. The molecule has 0 heterocycles. The Kier molecular flexibility index (Phi) is 12.6. The summed E-state index contributed by atoms with van der Waals surface area (Å²) in [7, 11) is 1.60. The third kappa shape index (κ3) is 10.4. The summed E-state index contributed by atoms with van der Waals surface area (Å²) < 4.78 is 16.3. The molecule has 0 aliphatic carbocycles. The quantitative estimate of drug-likeness (QED) is 0.238. The maximum absolute atomic E-state index is 12.5. The Morgan fingerprint density at radius 3 is 2.41 bits per heavy atom. The first-order valence-electron chi connectivity index (χ1n) is 12.9. The van der Waals surface area contributed by atoms with Gasteiger partial charge < -0.3 is 24.6 Å². The number of alkyl carbamates (subject to hydrolysis) is 1. The van der Waals surface area contributed by atoms with E-state index in [-0.39, 0.29) is 13.4 Å². The molecule has 0 radical (unpaired) electrons. The monoisotopic (exact) mass is 551 g/mol. The summed E-state index contributed by atoms with van der Waals surface area (Å²) in [5.41, 5.74) is 0.827. The number of aliphatic hydroxyl groups is 1. The van der Waals surface area contributed by atoms with Gasteiger partial charge in [-0.05, 0) is 81.8 Å². The highest BCUT2D eigenvalue weighted by molar-refractivity contribution is 7.99. The van der Waals surface area contributed by atoms with Crippen LogP contribution in [0, 0.1) is 0 Å². The molecule has 6 nitrogen and oxygen atoms in total. The van der Waals surface area contributed by atoms with Crippen molar-refractivity contribution >= 4 is 29.5 Å². The van der Waals surface area contributed by atoms with Gasteiger partial charge in [-0.15, -0.1) is 0 Å². The standard InChI is InChI=1S/C29H42ClNO5S/c1-7-9-21-10-13-25(35-20-34-6)26(17-21)37-23-12-11-22(24(30)18-23)14-16-29(19-32,15-8-2)31-27(33)36-28(3,4)5/h10-13,17-18,32H,7-9,14-16,19-20H2,1-6H3,(H,31,33). The molecule has 0 spiro atoms. The van der Waals surface area contributed by atoms with Crippen LogP contribution in [0.4, 0.5) is 4.79 Å². The molecule has 0 bridgehead atoms. The molecule has 0 saturated carbocycles. The van der Waals surface area contributed by atoms with Gasteiger partial charge in [-0.3, -0.25) is 0 Å². The van der Waals surface area contributed by atoms with E-state index in [9.17, 15) is 9.90 Å². The van der Waals surface area contributed by atoms with E-state index in [4.69, 9.17) is 25.8 Å². The predicted octanol–water partition coefficient (Wildman–Crippen LogP) is 7.41. The van der Waals surface area contributed by atoms with Crippen LogP contribution in [0.3, 0.4) is 0 Å². The highest BCUT2D eigenvalue weighted by Crippen LogP contribution is 2.38. The number of aryl methyl sites for hydroxylation is 2. The fourth-order valence-electron chi connectivity index (χ4n) is 4.06. The number of ether oxygens (including phenoxy) is 3. The average Bonchev–Trinajstić information content (AvgIpc) is 2.82. The fraction of sp³-hybridized carbons (Fsp3) is 0.552. The molecule has 2 aromatic rings. The van der Waals surface area contributed by atoms with Crippen molar-refractivity contribution in [3.63, 3.8) is 0 Å². The van der Waals surface area contributed by atoms with E-state index in [1.165, 1.54) is 5.56 Å². The van der Waals surface area contributed by atoms with Crippen LogP contribution >= 0.6 is 23.4 Å². The molecule has 0 aliphatic rings. The van der Waals surface area contributed by atoms with Crippen molar-refractivity contribution in [2.75, 3.05) is 20.5 Å². The molecule has 0 saturated heterocycles. The predicted molar refractivity (Wildman–Crippen MR) is 151 cm³/mol. The molecule has 0 fully saturated rings. The summed E-state index contributed by atoms with van der Waals surface area (Å²) in [5.74, 6) is 0.771. The van der Waals surface area contributed by atoms with Crippen molar-refractivity contribution in [1.82, 2.24) is 5.32 Å². The first-order valence-corrected chi connectivity index (χ1v) is 14.1. The Labute approximate surface area is 231 Å². The molecule has 37 heavy (non-hydrogen) atoms. The lowest BCUT2D eigenvalue weighted by Gasteiger charge is -2.34. The van der Waals surface area contributed by atoms with E-state index in [1.807, 2.05) is 52.0 Å². The minimum atomic E-state index is -0.777. The largest absolute Gasteiger partial charge is 0.466 e. The molecule has 2 aromatic carbocycles. The van der Waals surface area contributed by atoms with Gasteiger partial charge in [-0.25, -0.2) is 4.79 Å². The van der Waals surface area contributed by atoms with Crippen LogP contribution in [-0.2, 0) is 22.3 Å². The Hall–Kier alpha value is -1.93. The minimum Gasteiger partial charge on any atom is -0.466 e. The van der Waals surface area contributed by atoms with Crippen molar-refractivity contribution in [1.29, 1.82) is 0 Å². The summed E-state index contributed by atoms with van der Waals surface area (Å²) >= 11 is 8.30. The molecule has 1 unspecified atom stereocenters. The molecule has 1 atom stereocenters. The lowest BCUT2D eigenvalue weighted by Crippen LogP contribution is -2.53. The van der Waals surface area contributed by atoms with E-state index in [2.05, 4.69) is 24.4 Å². The second-order valence-corrected chi connectivity index (χ2v) is 11.8.